The van der Waals surface area contributed by atoms with Gasteiger partial charge in [0.05, 0.1) is 19.6 Å². The second-order valence-electron chi connectivity index (χ2n) is 6.60. The zero-order valence-corrected chi connectivity index (χ0v) is 16.4. The van der Waals surface area contributed by atoms with Crippen molar-refractivity contribution in [2.45, 2.75) is 32.4 Å². The number of nitrogens with zero attached hydrogens (tertiary/aromatic N) is 2. The van der Waals surface area contributed by atoms with Crippen LogP contribution >= 0.6 is 0 Å². The van der Waals surface area contributed by atoms with Crippen molar-refractivity contribution in [2.24, 2.45) is 0 Å². The lowest BCUT2D eigenvalue weighted by Gasteiger charge is -2.24. The molecule has 0 saturated heterocycles. The van der Waals surface area contributed by atoms with E-state index in [-0.39, 0.29) is 30.0 Å². The van der Waals surface area contributed by atoms with E-state index in [4.69, 9.17) is 9.47 Å². The minimum Gasteiger partial charge on any atom is -0.497 e. The van der Waals surface area contributed by atoms with Crippen LogP contribution in [0.1, 0.15) is 29.8 Å². The second-order valence-corrected chi connectivity index (χ2v) is 6.60. The molecule has 148 valence electrons. The smallest absolute Gasteiger partial charge is 0.276 e. The van der Waals surface area contributed by atoms with Crippen LogP contribution in [0.3, 0.4) is 0 Å². The van der Waals surface area contributed by atoms with Crippen LogP contribution in [0.4, 0.5) is 0 Å². The van der Waals surface area contributed by atoms with E-state index in [2.05, 4.69) is 15.4 Å². The molecule has 1 aromatic carbocycles. The van der Waals surface area contributed by atoms with Crippen molar-refractivity contribution in [3.63, 3.8) is 0 Å². The molecular formula is C20H24N4O4. The van der Waals surface area contributed by atoms with E-state index in [1.807, 2.05) is 31.2 Å². The molecule has 3 aromatic rings. The van der Waals surface area contributed by atoms with Crippen LogP contribution in [0.15, 0.2) is 41.3 Å². The van der Waals surface area contributed by atoms with Gasteiger partial charge in [0.15, 0.2) is 5.65 Å². The van der Waals surface area contributed by atoms with Gasteiger partial charge in [-0.3, -0.25) is 14.7 Å². The summed E-state index contributed by atoms with van der Waals surface area (Å²) in [5.41, 5.74) is 2.09. The molecule has 0 spiro atoms. The van der Waals surface area contributed by atoms with Crippen molar-refractivity contribution in [1.29, 1.82) is 0 Å². The van der Waals surface area contributed by atoms with Gasteiger partial charge in [0.25, 0.3) is 5.56 Å². The summed E-state index contributed by atoms with van der Waals surface area (Å²) in [7, 11) is 3.20. The second kappa shape index (κ2) is 8.26. The first kappa shape index (κ1) is 19.6. The van der Waals surface area contributed by atoms with Gasteiger partial charge >= 0.3 is 0 Å². The molecule has 0 unspecified atom stereocenters. The third-order valence-corrected chi connectivity index (χ3v) is 4.72. The van der Waals surface area contributed by atoms with Crippen LogP contribution in [0.2, 0.25) is 0 Å². The molecule has 2 heterocycles. The Labute approximate surface area is 162 Å². The third kappa shape index (κ3) is 3.91. The molecule has 3 rings (SSSR count). The summed E-state index contributed by atoms with van der Waals surface area (Å²) in [5, 5.41) is 5.73. The number of aromatic amines is 1. The van der Waals surface area contributed by atoms with Crippen LogP contribution in [0.5, 0.6) is 5.75 Å². The lowest BCUT2D eigenvalue weighted by atomic mass is 10.0. The Morgan fingerprint density at radius 3 is 2.61 bits per heavy atom. The number of nitrogens with one attached hydrogen (secondary N) is 2. The molecule has 0 radical (unpaired) electrons. The molecule has 2 N–H and O–H groups in total. The molecule has 2 aromatic heterocycles. The van der Waals surface area contributed by atoms with Crippen molar-refractivity contribution in [3.8, 4) is 5.75 Å². The Morgan fingerprint density at radius 1 is 1.25 bits per heavy atom. The molecule has 8 heteroatoms. The first-order chi connectivity index (χ1) is 13.4. The highest BCUT2D eigenvalue weighted by Crippen LogP contribution is 2.23. The average Bonchev–Trinajstić information content (AvgIpc) is 3.14. The number of benzene rings is 1. The summed E-state index contributed by atoms with van der Waals surface area (Å²) < 4.78 is 12.1. The van der Waals surface area contributed by atoms with Gasteiger partial charge in [0.1, 0.15) is 11.9 Å². The van der Waals surface area contributed by atoms with Gasteiger partial charge in [-0.05, 0) is 31.5 Å². The topological polar surface area (TPSA) is 97.7 Å². The first-order valence-electron chi connectivity index (χ1n) is 8.96. The molecule has 0 bridgehead atoms. The van der Waals surface area contributed by atoms with E-state index in [0.29, 0.717) is 16.9 Å². The predicted octanol–water partition coefficient (Wildman–Crippen LogP) is 1.77. The van der Waals surface area contributed by atoms with Crippen LogP contribution in [-0.2, 0) is 16.0 Å². The fourth-order valence-corrected chi connectivity index (χ4v) is 3.27. The van der Waals surface area contributed by atoms with Crippen molar-refractivity contribution in [3.05, 3.63) is 63.7 Å². The quantitative estimate of drug-likeness (QED) is 0.647. The van der Waals surface area contributed by atoms with Crippen molar-refractivity contribution in [2.75, 3.05) is 14.2 Å². The predicted molar refractivity (Wildman–Crippen MR) is 105 cm³/mol. The lowest BCUT2D eigenvalue weighted by molar-refractivity contribution is -0.122. The first-order valence-corrected chi connectivity index (χ1v) is 8.96. The number of ether oxygens (including phenoxy) is 2. The number of H-pyrrole nitrogens is 1. The number of hydrogen-bond acceptors (Lipinski definition) is 5. The Bertz CT molecular complexity index is 1020. The van der Waals surface area contributed by atoms with E-state index < -0.39 is 0 Å². The van der Waals surface area contributed by atoms with Gasteiger partial charge in [0, 0.05) is 30.6 Å². The van der Waals surface area contributed by atoms with Crippen LogP contribution in [0, 0.1) is 6.92 Å². The lowest BCUT2D eigenvalue weighted by Crippen LogP contribution is -2.39. The van der Waals surface area contributed by atoms with Crippen LogP contribution in [0.25, 0.3) is 5.65 Å². The van der Waals surface area contributed by atoms with Gasteiger partial charge in [-0.25, -0.2) is 9.50 Å². The summed E-state index contributed by atoms with van der Waals surface area (Å²) in [6, 6.07) is 8.90. The molecule has 0 aliphatic rings. The molecule has 1 amide bonds. The van der Waals surface area contributed by atoms with Crippen molar-refractivity contribution < 1.29 is 14.3 Å². The van der Waals surface area contributed by atoms with E-state index >= 15 is 0 Å². The number of carbonyl (C=O) groups excluding carboxylic acids is 1. The highest BCUT2D eigenvalue weighted by Gasteiger charge is 2.22. The largest absolute Gasteiger partial charge is 0.497 e. The van der Waals surface area contributed by atoms with E-state index in [0.717, 1.165) is 11.3 Å². The van der Waals surface area contributed by atoms with Crippen LogP contribution in [-0.4, -0.2) is 40.8 Å². The summed E-state index contributed by atoms with van der Waals surface area (Å²) in [6.45, 7) is 3.60. The van der Waals surface area contributed by atoms with Crippen molar-refractivity contribution in [1.82, 2.24) is 19.9 Å². The fraction of sp³-hybridized carbons (Fsp3) is 0.350. The molecule has 0 saturated carbocycles. The molecule has 0 aliphatic carbocycles. The SMILES string of the molecule is COc1ccc([C@@H](OC)[C@H](C)NC(=O)Cc2c(C)nc3cc[nH]n3c2=O)cc1. The summed E-state index contributed by atoms with van der Waals surface area (Å²) in [6.07, 6.45) is 1.25. The number of amides is 1. The molecule has 0 fully saturated rings. The van der Waals surface area contributed by atoms with Crippen LogP contribution < -0.4 is 15.6 Å². The van der Waals surface area contributed by atoms with E-state index in [1.165, 1.54) is 4.52 Å². The Morgan fingerprint density at radius 2 is 1.96 bits per heavy atom. The minimum absolute atomic E-state index is 0.0526. The Kier molecular flexibility index (Phi) is 5.79. The number of carbonyl (C=O) groups is 1. The fourth-order valence-electron chi connectivity index (χ4n) is 3.27. The van der Waals surface area contributed by atoms with Gasteiger partial charge < -0.3 is 14.8 Å². The number of methoxy groups -OCH3 is 2. The standard InChI is InChI=1S/C20H24N4O4/c1-12-16(20(26)24-17(22-12)9-10-21-24)11-18(25)23-13(2)19(28-4)14-5-7-15(27-3)8-6-14/h5-10,13,19,21H,11H2,1-4H3,(H,23,25)/t13-,19-/m0/s1. The number of aryl methyl sites for hydroxylation is 1. The molecular weight excluding hydrogens is 360 g/mol. The normalized spacial score (nSPS) is 13.3. The maximum Gasteiger partial charge on any atom is 0.276 e. The number of rotatable bonds is 7. The zero-order chi connectivity index (χ0) is 20.3. The molecule has 28 heavy (non-hydrogen) atoms. The van der Waals surface area contributed by atoms with Gasteiger partial charge in [-0.2, -0.15) is 0 Å². The summed E-state index contributed by atoms with van der Waals surface area (Å²) in [4.78, 5) is 29.5. The number of hydrogen-bond donors (Lipinski definition) is 2. The molecule has 0 aliphatic heterocycles. The molecule has 8 nitrogen and oxygen atoms in total. The maximum absolute atomic E-state index is 12.6. The highest BCUT2D eigenvalue weighted by molar-refractivity contribution is 5.79. The maximum atomic E-state index is 12.6. The van der Waals surface area contributed by atoms with Gasteiger partial charge in [0.2, 0.25) is 5.91 Å². The zero-order valence-electron chi connectivity index (χ0n) is 16.4. The third-order valence-electron chi connectivity index (χ3n) is 4.72. The summed E-state index contributed by atoms with van der Waals surface area (Å²) in [5.74, 6) is 0.481. The highest BCUT2D eigenvalue weighted by atomic mass is 16.5. The Hall–Kier alpha value is -3.13. The summed E-state index contributed by atoms with van der Waals surface area (Å²) >= 11 is 0. The monoisotopic (exact) mass is 384 g/mol. The number of aromatic nitrogens is 3. The van der Waals surface area contributed by atoms with Gasteiger partial charge in [-0.15, -0.1) is 0 Å². The van der Waals surface area contributed by atoms with Crippen molar-refractivity contribution >= 4 is 11.6 Å². The van der Waals surface area contributed by atoms with E-state index in [9.17, 15) is 9.59 Å². The van der Waals surface area contributed by atoms with E-state index in [1.54, 1.807) is 33.4 Å². The minimum atomic E-state index is -0.332. The number of fused-ring (bicyclic) bond motifs is 1. The van der Waals surface area contributed by atoms with Gasteiger partial charge in [-0.1, -0.05) is 12.1 Å². The molecule has 2 atom stereocenters. The Balaban J connectivity index is 1.73. The average molecular weight is 384 g/mol.